The number of hydrogen-bond acceptors (Lipinski definition) is 4. The van der Waals surface area contributed by atoms with E-state index in [1.807, 2.05) is 0 Å². The Morgan fingerprint density at radius 1 is 1.26 bits per heavy atom. The highest BCUT2D eigenvalue weighted by molar-refractivity contribution is 5.96. The van der Waals surface area contributed by atoms with Crippen LogP contribution in [-0.4, -0.2) is 30.0 Å². The van der Waals surface area contributed by atoms with Crippen molar-refractivity contribution >= 4 is 17.3 Å². The second-order valence-electron chi connectivity index (χ2n) is 6.73. The largest absolute Gasteiger partial charge is 0.366 e. The van der Waals surface area contributed by atoms with Gasteiger partial charge in [-0.15, -0.1) is 0 Å². The maximum atomic E-state index is 12.1. The Hall–Kier alpha value is -2.11. The molecule has 1 aliphatic carbocycles. The minimum atomic E-state index is -0.377. The van der Waals surface area contributed by atoms with Gasteiger partial charge in [0.2, 0.25) is 0 Å². The van der Waals surface area contributed by atoms with E-state index in [4.69, 9.17) is 0 Å². The normalized spacial score (nSPS) is 21.6. The van der Waals surface area contributed by atoms with E-state index in [0.29, 0.717) is 17.2 Å². The molecule has 23 heavy (non-hydrogen) atoms. The number of carbonyl (C=O) groups is 1. The molecule has 124 valence electrons. The van der Waals surface area contributed by atoms with Crippen molar-refractivity contribution in [2.75, 3.05) is 18.0 Å². The van der Waals surface area contributed by atoms with Crippen molar-refractivity contribution in [2.45, 2.75) is 45.1 Å². The number of amides is 1. The van der Waals surface area contributed by atoms with E-state index in [9.17, 15) is 14.9 Å². The number of rotatable bonds is 4. The topological polar surface area (TPSA) is 75.5 Å². The first-order chi connectivity index (χ1) is 11.0. The van der Waals surface area contributed by atoms with E-state index in [2.05, 4.69) is 17.1 Å². The van der Waals surface area contributed by atoms with Gasteiger partial charge in [-0.05, 0) is 50.2 Å². The quantitative estimate of drug-likeness (QED) is 0.684. The number of benzene rings is 1. The fourth-order valence-electron chi connectivity index (χ4n) is 3.08. The average molecular weight is 317 g/mol. The molecule has 1 heterocycles. The van der Waals surface area contributed by atoms with Crippen molar-refractivity contribution in [1.29, 1.82) is 0 Å². The monoisotopic (exact) mass is 317 g/mol. The maximum Gasteiger partial charge on any atom is 0.293 e. The lowest BCUT2D eigenvalue weighted by molar-refractivity contribution is -0.384. The van der Waals surface area contributed by atoms with Gasteiger partial charge in [0.25, 0.3) is 11.6 Å². The third-order valence-corrected chi connectivity index (χ3v) is 4.70. The number of nitrogens with zero attached hydrogens (tertiary/aromatic N) is 2. The predicted molar refractivity (Wildman–Crippen MR) is 88.8 cm³/mol. The molecule has 3 rings (SSSR count). The molecule has 1 atom stereocenters. The summed E-state index contributed by atoms with van der Waals surface area (Å²) >= 11 is 0. The van der Waals surface area contributed by atoms with E-state index in [1.165, 1.54) is 6.07 Å². The first-order valence-corrected chi connectivity index (χ1v) is 8.39. The zero-order chi connectivity index (χ0) is 16.4. The molecule has 0 aromatic heterocycles. The standard InChI is InChI=1S/C17H23N3O3/c1-12-3-2-9-19(10-8-12)15-7-4-13(11-16(15)20(22)23)17(21)18-14-5-6-14/h4,7,11-12,14H,2-3,5-6,8-10H2,1H3,(H,18,21)/t12-/m1/s1. The van der Waals surface area contributed by atoms with Crippen LogP contribution >= 0.6 is 0 Å². The maximum absolute atomic E-state index is 12.1. The first kappa shape index (κ1) is 15.8. The Kier molecular flexibility index (Phi) is 4.50. The summed E-state index contributed by atoms with van der Waals surface area (Å²) in [5.41, 5.74) is 1.03. The number of hydrogen-bond donors (Lipinski definition) is 1. The molecule has 2 fully saturated rings. The Balaban J connectivity index is 1.84. The van der Waals surface area contributed by atoms with Crippen molar-refractivity contribution in [3.05, 3.63) is 33.9 Å². The van der Waals surface area contributed by atoms with Crippen LogP contribution in [0.25, 0.3) is 0 Å². The molecular weight excluding hydrogens is 294 g/mol. The Morgan fingerprint density at radius 2 is 2.04 bits per heavy atom. The van der Waals surface area contributed by atoms with Crippen LogP contribution in [0.1, 0.15) is 49.4 Å². The molecule has 0 spiro atoms. The molecule has 0 unspecified atom stereocenters. The van der Waals surface area contributed by atoms with Crippen LogP contribution in [0.4, 0.5) is 11.4 Å². The molecule has 1 saturated heterocycles. The average Bonchev–Trinajstić information content (AvgIpc) is 3.35. The van der Waals surface area contributed by atoms with E-state index in [1.54, 1.807) is 12.1 Å². The van der Waals surface area contributed by atoms with Crippen LogP contribution < -0.4 is 10.2 Å². The second-order valence-corrected chi connectivity index (χ2v) is 6.73. The minimum Gasteiger partial charge on any atom is -0.366 e. The number of nitro groups is 1. The van der Waals surface area contributed by atoms with Crippen LogP contribution in [0, 0.1) is 16.0 Å². The number of nitro benzene ring substituents is 1. The van der Waals surface area contributed by atoms with Gasteiger partial charge >= 0.3 is 0 Å². The summed E-state index contributed by atoms with van der Waals surface area (Å²) in [5.74, 6) is 0.439. The van der Waals surface area contributed by atoms with E-state index in [-0.39, 0.29) is 22.6 Å². The van der Waals surface area contributed by atoms with E-state index >= 15 is 0 Å². The van der Waals surface area contributed by atoms with Crippen LogP contribution in [-0.2, 0) is 0 Å². The zero-order valence-corrected chi connectivity index (χ0v) is 13.5. The molecule has 1 aliphatic heterocycles. The number of nitrogens with one attached hydrogen (secondary N) is 1. The molecule has 6 nitrogen and oxygen atoms in total. The zero-order valence-electron chi connectivity index (χ0n) is 13.5. The Bertz CT molecular complexity index is 613. The lowest BCUT2D eigenvalue weighted by Crippen LogP contribution is -2.27. The predicted octanol–water partition coefficient (Wildman–Crippen LogP) is 3.11. The fraction of sp³-hybridized carbons (Fsp3) is 0.588. The first-order valence-electron chi connectivity index (χ1n) is 8.39. The fourth-order valence-corrected chi connectivity index (χ4v) is 3.08. The molecule has 1 amide bonds. The Labute approximate surface area is 136 Å². The third kappa shape index (κ3) is 3.81. The molecule has 1 N–H and O–H groups in total. The molecule has 6 heteroatoms. The minimum absolute atomic E-state index is 0.0306. The summed E-state index contributed by atoms with van der Waals surface area (Å²) in [5, 5.41) is 14.3. The van der Waals surface area contributed by atoms with Crippen LogP contribution in [0.5, 0.6) is 0 Å². The van der Waals surface area contributed by atoms with Gasteiger partial charge in [0.1, 0.15) is 5.69 Å². The van der Waals surface area contributed by atoms with Gasteiger partial charge in [-0.2, -0.15) is 0 Å². The highest BCUT2D eigenvalue weighted by Gasteiger charge is 2.27. The second kappa shape index (κ2) is 6.56. The lowest BCUT2D eigenvalue weighted by atomic mass is 10.0. The highest BCUT2D eigenvalue weighted by atomic mass is 16.6. The van der Waals surface area contributed by atoms with Gasteiger partial charge < -0.3 is 10.2 Å². The van der Waals surface area contributed by atoms with Gasteiger partial charge in [-0.25, -0.2) is 0 Å². The van der Waals surface area contributed by atoms with Gasteiger partial charge in [-0.1, -0.05) is 6.92 Å². The molecule has 1 aromatic carbocycles. The molecule has 2 aliphatic rings. The molecular formula is C17H23N3O3. The lowest BCUT2D eigenvalue weighted by Gasteiger charge is -2.22. The van der Waals surface area contributed by atoms with E-state index < -0.39 is 0 Å². The third-order valence-electron chi connectivity index (χ3n) is 4.70. The Morgan fingerprint density at radius 3 is 2.74 bits per heavy atom. The summed E-state index contributed by atoms with van der Waals surface area (Å²) in [6, 6.07) is 5.10. The molecule has 1 aromatic rings. The van der Waals surface area contributed by atoms with Gasteiger partial charge in [0.15, 0.2) is 0 Å². The summed E-state index contributed by atoms with van der Waals surface area (Å²) in [6.07, 6.45) is 5.24. The van der Waals surface area contributed by atoms with Crippen LogP contribution in [0.15, 0.2) is 18.2 Å². The molecule has 1 saturated carbocycles. The van der Waals surface area contributed by atoms with Crippen molar-refractivity contribution < 1.29 is 9.72 Å². The van der Waals surface area contributed by atoms with Crippen molar-refractivity contribution in [1.82, 2.24) is 5.32 Å². The van der Waals surface area contributed by atoms with Crippen LogP contribution in [0.3, 0.4) is 0 Å². The van der Waals surface area contributed by atoms with E-state index in [0.717, 1.165) is 45.2 Å². The SMILES string of the molecule is C[C@@H]1CCCN(c2ccc(C(=O)NC3CC3)cc2[N+](=O)[O-])CC1. The summed E-state index contributed by atoms with van der Waals surface area (Å²) in [7, 11) is 0. The van der Waals surface area contributed by atoms with Crippen LogP contribution in [0.2, 0.25) is 0 Å². The number of carbonyl (C=O) groups excluding carboxylic acids is 1. The smallest absolute Gasteiger partial charge is 0.293 e. The van der Waals surface area contributed by atoms with Crippen molar-refractivity contribution in [3.63, 3.8) is 0 Å². The van der Waals surface area contributed by atoms with Crippen molar-refractivity contribution in [2.24, 2.45) is 5.92 Å². The van der Waals surface area contributed by atoms with Crippen molar-refractivity contribution in [3.8, 4) is 0 Å². The molecule has 0 radical (unpaired) electrons. The summed E-state index contributed by atoms with van der Waals surface area (Å²) < 4.78 is 0. The van der Waals surface area contributed by atoms with Gasteiger partial charge in [0.05, 0.1) is 4.92 Å². The summed E-state index contributed by atoms with van der Waals surface area (Å²) in [4.78, 5) is 25.3. The number of anilines is 1. The highest BCUT2D eigenvalue weighted by Crippen LogP contribution is 2.32. The summed E-state index contributed by atoms with van der Waals surface area (Å²) in [6.45, 7) is 3.89. The molecule has 0 bridgehead atoms. The van der Waals surface area contributed by atoms with Gasteiger partial charge in [0, 0.05) is 30.8 Å². The van der Waals surface area contributed by atoms with Gasteiger partial charge in [-0.3, -0.25) is 14.9 Å².